The summed E-state index contributed by atoms with van der Waals surface area (Å²) >= 11 is 12.0. The third-order valence-electron chi connectivity index (χ3n) is 3.15. The summed E-state index contributed by atoms with van der Waals surface area (Å²) in [6.07, 6.45) is -0.250. The molecule has 0 heterocycles. The Morgan fingerprint density at radius 1 is 1.50 bits per heavy atom. The number of fused-ring (bicyclic) bond motifs is 1. The molecule has 1 aromatic carbocycles. The fraction of sp³-hybridized carbons (Fsp3) is 0.417. The summed E-state index contributed by atoms with van der Waals surface area (Å²) in [5, 5.41) is 19.9. The van der Waals surface area contributed by atoms with Crippen molar-refractivity contribution in [2.24, 2.45) is 0 Å². The van der Waals surface area contributed by atoms with Crippen LogP contribution in [-0.2, 0) is 11.2 Å². The second-order valence-corrected chi connectivity index (χ2v) is 5.32. The smallest absolute Gasteiger partial charge is 0.317 e. The van der Waals surface area contributed by atoms with E-state index in [9.17, 15) is 9.90 Å². The molecule has 4 nitrogen and oxygen atoms in total. The summed E-state index contributed by atoms with van der Waals surface area (Å²) in [5.41, 5.74) is 1.65. The van der Waals surface area contributed by atoms with E-state index in [1.165, 1.54) is 0 Å². The Morgan fingerprint density at radius 2 is 2.17 bits per heavy atom. The Labute approximate surface area is 115 Å². The van der Waals surface area contributed by atoms with Gasteiger partial charge in [0, 0.05) is 16.5 Å². The van der Waals surface area contributed by atoms with Crippen molar-refractivity contribution >= 4 is 29.2 Å². The lowest BCUT2D eigenvalue weighted by atomic mass is 10.1. The highest BCUT2D eigenvalue weighted by Gasteiger charge is 2.36. The molecular weight excluding hydrogens is 277 g/mol. The van der Waals surface area contributed by atoms with Gasteiger partial charge in [0.05, 0.1) is 18.7 Å². The number of carboxylic acid groups (broad SMARTS) is 1. The maximum absolute atomic E-state index is 10.7. The van der Waals surface area contributed by atoms with Gasteiger partial charge in [-0.1, -0.05) is 23.2 Å². The number of likely N-dealkylation sites (N-methyl/N-ethyl adjacent to an activating group) is 1. The molecule has 1 aliphatic rings. The molecule has 0 aliphatic heterocycles. The number of carboxylic acids is 1. The maximum Gasteiger partial charge on any atom is 0.317 e. The molecule has 0 aromatic heterocycles. The summed E-state index contributed by atoms with van der Waals surface area (Å²) in [6.45, 7) is -0.148. The van der Waals surface area contributed by atoms with E-state index in [1.54, 1.807) is 24.1 Å². The lowest BCUT2D eigenvalue weighted by Crippen LogP contribution is -2.34. The van der Waals surface area contributed by atoms with E-state index in [-0.39, 0.29) is 12.6 Å². The van der Waals surface area contributed by atoms with Crippen LogP contribution >= 0.6 is 23.2 Å². The van der Waals surface area contributed by atoms with Gasteiger partial charge in [-0.25, -0.2) is 0 Å². The highest BCUT2D eigenvalue weighted by molar-refractivity contribution is 6.35. The van der Waals surface area contributed by atoms with Crippen LogP contribution in [-0.4, -0.2) is 40.8 Å². The van der Waals surface area contributed by atoms with E-state index in [0.717, 1.165) is 11.1 Å². The summed E-state index contributed by atoms with van der Waals surface area (Å²) in [5.74, 6) is -0.939. The molecule has 6 heteroatoms. The molecule has 0 unspecified atom stereocenters. The molecule has 0 fully saturated rings. The molecule has 2 N–H and O–H groups in total. The molecule has 1 aliphatic carbocycles. The van der Waals surface area contributed by atoms with E-state index in [0.29, 0.717) is 16.5 Å². The van der Waals surface area contributed by atoms with Gasteiger partial charge in [-0.2, -0.15) is 0 Å². The standard InChI is InChI=1S/C12H13Cl2NO3/c1-15(5-11(17)18)12-8-2-6(13)3-9(14)7(8)4-10(12)16/h2-3,10,12,16H,4-5H2,1H3,(H,17,18)/t10-,12-/m1/s1. The molecular formula is C12H13Cl2NO3. The van der Waals surface area contributed by atoms with Crippen LogP contribution in [0.1, 0.15) is 17.2 Å². The first kappa shape index (κ1) is 13.6. The molecule has 0 bridgehead atoms. The van der Waals surface area contributed by atoms with Crippen LogP contribution in [0.5, 0.6) is 0 Å². The summed E-state index contributed by atoms with van der Waals surface area (Å²) in [6, 6.07) is 2.99. The lowest BCUT2D eigenvalue weighted by Gasteiger charge is -2.26. The van der Waals surface area contributed by atoms with E-state index >= 15 is 0 Å². The number of rotatable bonds is 3. The minimum absolute atomic E-state index is 0.148. The Balaban J connectivity index is 2.38. The Bertz CT molecular complexity index is 492. The summed E-state index contributed by atoms with van der Waals surface area (Å²) in [4.78, 5) is 12.3. The molecule has 2 atom stereocenters. The number of carbonyl (C=O) groups is 1. The highest BCUT2D eigenvalue weighted by Crippen LogP contribution is 2.40. The third kappa shape index (κ3) is 2.47. The second-order valence-electron chi connectivity index (χ2n) is 4.48. The van der Waals surface area contributed by atoms with Gasteiger partial charge in [0.1, 0.15) is 0 Å². The largest absolute Gasteiger partial charge is 0.480 e. The number of nitrogens with zero attached hydrogens (tertiary/aromatic N) is 1. The molecule has 0 saturated carbocycles. The molecule has 1 aromatic rings. The fourth-order valence-electron chi connectivity index (χ4n) is 2.47. The van der Waals surface area contributed by atoms with Crippen molar-refractivity contribution in [3.8, 4) is 0 Å². The van der Waals surface area contributed by atoms with Crippen LogP contribution in [0.15, 0.2) is 12.1 Å². The van der Waals surface area contributed by atoms with Gasteiger partial charge in [0.25, 0.3) is 0 Å². The normalized spacial score (nSPS) is 22.3. The number of halogens is 2. The van der Waals surface area contributed by atoms with Crippen molar-refractivity contribution in [1.29, 1.82) is 0 Å². The Morgan fingerprint density at radius 3 is 2.78 bits per heavy atom. The van der Waals surface area contributed by atoms with E-state index < -0.39 is 12.1 Å². The molecule has 18 heavy (non-hydrogen) atoms. The van der Waals surface area contributed by atoms with Crippen LogP contribution in [0.3, 0.4) is 0 Å². The molecule has 0 amide bonds. The van der Waals surface area contributed by atoms with Crippen molar-refractivity contribution in [2.75, 3.05) is 13.6 Å². The van der Waals surface area contributed by atoms with Crippen LogP contribution in [0, 0.1) is 0 Å². The topological polar surface area (TPSA) is 60.8 Å². The van der Waals surface area contributed by atoms with Crippen LogP contribution in [0.4, 0.5) is 0 Å². The zero-order valence-corrected chi connectivity index (χ0v) is 11.2. The molecule has 0 spiro atoms. The predicted octanol–water partition coefficient (Wildman–Crippen LogP) is 1.97. The SMILES string of the molecule is CN(CC(=O)O)[C@@H]1c2cc(Cl)cc(Cl)c2C[C@H]1O. The monoisotopic (exact) mass is 289 g/mol. The molecule has 0 radical (unpaired) electrons. The second kappa shape index (κ2) is 5.05. The van der Waals surface area contributed by atoms with Crippen LogP contribution in [0.2, 0.25) is 10.0 Å². The number of hydrogen-bond acceptors (Lipinski definition) is 3. The van der Waals surface area contributed by atoms with Crippen molar-refractivity contribution in [2.45, 2.75) is 18.6 Å². The van der Waals surface area contributed by atoms with Crippen LogP contribution in [0.25, 0.3) is 0 Å². The van der Waals surface area contributed by atoms with Gasteiger partial charge in [-0.05, 0) is 30.3 Å². The predicted molar refractivity (Wildman–Crippen MR) is 69.2 cm³/mol. The molecule has 98 valence electrons. The van der Waals surface area contributed by atoms with Crippen molar-refractivity contribution < 1.29 is 15.0 Å². The van der Waals surface area contributed by atoms with Crippen molar-refractivity contribution in [3.63, 3.8) is 0 Å². The van der Waals surface area contributed by atoms with E-state index in [4.69, 9.17) is 28.3 Å². The zero-order valence-electron chi connectivity index (χ0n) is 9.73. The highest BCUT2D eigenvalue weighted by atomic mass is 35.5. The average Bonchev–Trinajstić information content (AvgIpc) is 2.53. The number of benzene rings is 1. The van der Waals surface area contributed by atoms with Crippen LogP contribution < -0.4 is 0 Å². The van der Waals surface area contributed by atoms with Crippen molar-refractivity contribution in [1.82, 2.24) is 4.90 Å². The maximum atomic E-state index is 10.7. The first-order valence-electron chi connectivity index (χ1n) is 5.48. The first-order chi connectivity index (χ1) is 8.40. The molecule has 2 rings (SSSR count). The number of aliphatic hydroxyl groups excluding tert-OH is 1. The molecule has 0 saturated heterocycles. The zero-order chi connectivity index (χ0) is 13.4. The Hall–Kier alpha value is -0.810. The number of aliphatic hydroxyl groups is 1. The van der Waals surface area contributed by atoms with Gasteiger partial charge < -0.3 is 10.2 Å². The van der Waals surface area contributed by atoms with Gasteiger partial charge in [-0.15, -0.1) is 0 Å². The van der Waals surface area contributed by atoms with E-state index in [2.05, 4.69) is 0 Å². The van der Waals surface area contributed by atoms with Gasteiger partial charge in [0.2, 0.25) is 0 Å². The lowest BCUT2D eigenvalue weighted by molar-refractivity contribution is -0.139. The average molecular weight is 290 g/mol. The van der Waals surface area contributed by atoms with Gasteiger partial charge >= 0.3 is 5.97 Å². The quantitative estimate of drug-likeness (QED) is 0.893. The minimum Gasteiger partial charge on any atom is -0.480 e. The third-order valence-corrected chi connectivity index (χ3v) is 3.71. The van der Waals surface area contributed by atoms with Gasteiger partial charge in [-0.3, -0.25) is 9.69 Å². The fourth-order valence-corrected chi connectivity index (χ4v) is 3.06. The van der Waals surface area contributed by atoms with Gasteiger partial charge in [0.15, 0.2) is 0 Å². The first-order valence-corrected chi connectivity index (χ1v) is 6.23. The number of aliphatic carboxylic acids is 1. The van der Waals surface area contributed by atoms with Crippen molar-refractivity contribution in [3.05, 3.63) is 33.3 Å². The minimum atomic E-state index is -0.939. The summed E-state index contributed by atoms with van der Waals surface area (Å²) in [7, 11) is 1.66. The van der Waals surface area contributed by atoms with E-state index in [1.807, 2.05) is 0 Å². The Kier molecular flexibility index (Phi) is 3.82. The summed E-state index contributed by atoms with van der Waals surface area (Å²) < 4.78 is 0. The number of hydrogen-bond donors (Lipinski definition) is 2.